The molecule has 1 amide bonds. The number of morpholine rings is 1. The van der Waals surface area contributed by atoms with E-state index in [-0.39, 0.29) is 12.0 Å². The Kier molecular flexibility index (Phi) is 5.39. The number of nitrogens with zero attached hydrogens (tertiary/aromatic N) is 2. The number of aromatic nitrogens is 1. The number of anilines is 1. The minimum Gasteiger partial charge on any atom is -0.486 e. The molecule has 1 aromatic heterocycles. The first-order valence-corrected chi connectivity index (χ1v) is 9.25. The second-order valence-corrected chi connectivity index (χ2v) is 6.55. The van der Waals surface area contributed by atoms with Gasteiger partial charge in [0.25, 0.3) is 5.91 Å². The maximum atomic E-state index is 12.4. The van der Waals surface area contributed by atoms with Crippen LogP contribution in [0.5, 0.6) is 11.5 Å². The van der Waals surface area contributed by atoms with E-state index in [0.717, 1.165) is 23.7 Å². The number of pyridine rings is 1. The molecule has 2 aliphatic rings. The van der Waals surface area contributed by atoms with Crippen LogP contribution in [0.3, 0.4) is 0 Å². The van der Waals surface area contributed by atoms with E-state index in [1.165, 1.54) is 0 Å². The highest BCUT2D eigenvalue weighted by Gasteiger charge is 2.20. The lowest BCUT2D eigenvalue weighted by Crippen LogP contribution is -2.40. The van der Waals surface area contributed by atoms with Gasteiger partial charge in [0.2, 0.25) is 0 Å². The Morgan fingerprint density at radius 1 is 1.15 bits per heavy atom. The lowest BCUT2D eigenvalue weighted by Gasteiger charge is -2.27. The summed E-state index contributed by atoms with van der Waals surface area (Å²) in [4.78, 5) is 18.6. The summed E-state index contributed by atoms with van der Waals surface area (Å²) >= 11 is 0. The number of ether oxygens (including phenoxy) is 3. The average molecular weight is 369 g/mol. The van der Waals surface area contributed by atoms with Gasteiger partial charge in [0.15, 0.2) is 11.5 Å². The quantitative estimate of drug-likeness (QED) is 0.871. The maximum Gasteiger partial charge on any atom is 0.255 e. The molecule has 7 nitrogen and oxygen atoms in total. The van der Waals surface area contributed by atoms with Crippen molar-refractivity contribution in [1.29, 1.82) is 0 Å². The van der Waals surface area contributed by atoms with Crippen LogP contribution in [0.2, 0.25) is 0 Å². The van der Waals surface area contributed by atoms with Crippen LogP contribution in [0, 0.1) is 0 Å². The minimum absolute atomic E-state index is 0.00349. The number of carbonyl (C=O) groups excluding carboxylic acids is 1. The van der Waals surface area contributed by atoms with Gasteiger partial charge in [0.1, 0.15) is 18.5 Å². The van der Waals surface area contributed by atoms with E-state index < -0.39 is 0 Å². The molecule has 1 saturated heterocycles. The lowest BCUT2D eigenvalue weighted by atomic mass is 10.2. The zero-order chi connectivity index (χ0) is 18.5. The van der Waals surface area contributed by atoms with E-state index >= 15 is 0 Å². The van der Waals surface area contributed by atoms with Crippen molar-refractivity contribution >= 4 is 11.7 Å². The zero-order valence-corrected chi connectivity index (χ0v) is 15.1. The van der Waals surface area contributed by atoms with Crippen molar-refractivity contribution in [2.45, 2.75) is 12.5 Å². The lowest BCUT2D eigenvalue weighted by molar-refractivity contribution is 0.0302. The van der Waals surface area contributed by atoms with Crippen molar-refractivity contribution in [1.82, 2.24) is 9.88 Å². The summed E-state index contributed by atoms with van der Waals surface area (Å²) in [5, 5.41) is 3.27. The molecule has 0 aliphatic carbocycles. The molecular weight excluding hydrogens is 346 g/mol. The van der Waals surface area contributed by atoms with Gasteiger partial charge in [-0.1, -0.05) is 12.1 Å². The summed E-state index contributed by atoms with van der Waals surface area (Å²) in [6.45, 7) is 3.70. The summed E-state index contributed by atoms with van der Waals surface area (Å²) in [7, 11) is 0. The molecule has 2 aliphatic heterocycles. The second-order valence-electron chi connectivity index (χ2n) is 6.55. The van der Waals surface area contributed by atoms with Gasteiger partial charge in [-0.15, -0.1) is 0 Å². The van der Waals surface area contributed by atoms with Crippen LogP contribution in [-0.4, -0.2) is 61.3 Å². The Bertz CT molecular complexity index is 775. The third kappa shape index (κ3) is 4.31. The van der Waals surface area contributed by atoms with Crippen LogP contribution in [0.4, 0.5) is 5.82 Å². The summed E-state index contributed by atoms with van der Waals surface area (Å²) in [6.07, 6.45) is 2.43. The SMILES string of the molecule is O=C(c1ccc(NCCC2COc3ccccc3O2)nc1)N1CCOCC1. The first-order valence-electron chi connectivity index (χ1n) is 9.25. The molecule has 1 unspecified atom stereocenters. The molecule has 0 saturated carbocycles. The summed E-state index contributed by atoms with van der Waals surface area (Å²) in [5.41, 5.74) is 0.600. The molecule has 142 valence electrons. The van der Waals surface area contributed by atoms with E-state index in [9.17, 15) is 4.79 Å². The summed E-state index contributed by atoms with van der Waals surface area (Å²) in [5.74, 6) is 2.33. The third-order valence-corrected chi connectivity index (χ3v) is 4.65. The van der Waals surface area contributed by atoms with Crippen molar-refractivity contribution in [2.24, 2.45) is 0 Å². The molecule has 7 heteroatoms. The van der Waals surface area contributed by atoms with Gasteiger partial charge in [-0.2, -0.15) is 0 Å². The molecule has 2 aromatic rings. The van der Waals surface area contributed by atoms with Gasteiger partial charge >= 0.3 is 0 Å². The number of fused-ring (bicyclic) bond motifs is 1. The van der Waals surface area contributed by atoms with Crippen LogP contribution in [-0.2, 0) is 4.74 Å². The molecule has 1 aromatic carbocycles. The number of hydrogen-bond acceptors (Lipinski definition) is 6. The highest BCUT2D eigenvalue weighted by Crippen LogP contribution is 2.31. The molecule has 0 radical (unpaired) electrons. The van der Waals surface area contributed by atoms with E-state index in [4.69, 9.17) is 14.2 Å². The summed E-state index contributed by atoms with van der Waals surface area (Å²) < 4.78 is 16.9. The fourth-order valence-electron chi connectivity index (χ4n) is 3.14. The van der Waals surface area contributed by atoms with Crippen molar-refractivity contribution in [3.8, 4) is 11.5 Å². The van der Waals surface area contributed by atoms with Crippen LogP contribution in [0.25, 0.3) is 0 Å². The topological polar surface area (TPSA) is 72.9 Å². The predicted molar refractivity (Wildman–Crippen MR) is 100 cm³/mol. The molecular formula is C20H23N3O4. The van der Waals surface area contributed by atoms with Crippen molar-refractivity contribution in [3.63, 3.8) is 0 Å². The normalized spacial score (nSPS) is 18.8. The second kappa shape index (κ2) is 8.26. The van der Waals surface area contributed by atoms with Gasteiger partial charge in [-0.3, -0.25) is 4.79 Å². The van der Waals surface area contributed by atoms with E-state index in [1.807, 2.05) is 36.4 Å². The minimum atomic E-state index is 0.00349. The van der Waals surface area contributed by atoms with Crippen molar-refractivity contribution < 1.29 is 19.0 Å². The van der Waals surface area contributed by atoms with Crippen LogP contribution in [0.15, 0.2) is 42.6 Å². The molecule has 1 atom stereocenters. The number of nitrogens with one attached hydrogen (secondary N) is 1. The van der Waals surface area contributed by atoms with Gasteiger partial charge in [-0.25, -0.2) is 4.98 Å². The van der Waals surface area contributed by atoms with E-state index in [0.29, 0.717) is 45.0 Å². The Hall–Kier alpha value is -2.80. The van der Waals surface area contributed by atoms with Crippen LogP contribution in [0.1, 0.15) is 16.8 Å². The highest BCUT2D eigenvalue weighted by molar-refractivity contribution is 5.94. The van der Waals surface area contributed by atoms with Gasteiger partial charge in [0, 0.05) is 32.3 Å². The molecule has 1 N–H and O–H groups in total. The number of hydrogen-bond donors (Lipinski definition) is 1. The number of amides is 1. The van der Waals surface area contributed by atoms with E-state index in [1.54, 1.807) is 11.1 Å². The van der Waals surface area contributed by atoms with Gasteiger partial charge in [-0.05, 0) is 24.3 Å². The molecule has 27 heavy (non-hydrogen) atoms. The fraction of sp³-hybridized carbons (Fsp3) is 0.400. The standard InChI is InChI=1S/C20H23N3O4/c24-20(23-9-11-25-12-10-23)15-5-6-19(22-13-15)21-8-7-16-14-26-17-3-1-2-4-18(17)27-16/h1-6,13,16H,7-12,14H2,(H,21,22). The maximum absolute atomic E-state index is 12.4. The Labute approximate surface area is 158 Å². The Morgan fingerprint density at radius 3 is 2.74 bits per heavy atom. The van der Waals surface area contributed by atoms with Gasteiger partial charge in [0.05, 0.1) is 18.8 Å². The monoisotopic (exact) mass is 369 g/mol. The molecule has 3 heterocycles. The number of carbonyl (C=O) groups is 1. The fourth-order valence-corrected chi connectivity index (χ4v) is 3.14. The van der Waals surface area contributed by atoms with Crippen LogP contribution >= 0.6 is 0 Å². The number of para-hydroxylation sites is 2. The smallest absolute Gasteiger partial charge is 0.255 e. The molecule has 1 fully saturated rings. The largest absolute Gasteiger partial charge is 0.486 e. The number of rotatable bonds is 5. The predicted octanol–water partition coefficient (Wildman–Crippen LogP) is 2.20. The van der Waals surface area contributed by atoms with Gasteiger partial charge < -0.3 is 24.4 Å². The average Bonchev–Trinajstić information content (AvgIpc) is 2.74. The number of benzene rings is 1. The zero-order valence-electron chi connectivity index (χ0n) is 15.1. The summed E-state index contributed by atoms with van der Waals surface area (Å²) in [6, 6.07) is 11.3. The molecule has 0 bridgehead atoms. The Morgan fingerprint density at radius 2 is 1.96 bits per heavy atom. The van der Waals surface area contributed by atoms with E-state index in [2.05, 4.69) is 10.3 Å². The van der Waals surface area contributed by atoms with Crippen molar-refractivity contribution in [2.75, 3.05) is 44.8 Å². The first kappa shape index (κ1) is 17.6. The highest BCUT2D eigenvalue weighted by atomic mass is 16.6. The van der Waals surface area contributed by atoms with Crippen molar-refractivity contribution in [3.05, 3.63) is 48.2 Å². The Balaban J connectivity index is 1.25. The molecule has 4 rings (SSSR count). The third-order valence-electron chi connectivity index (χ3n) is 4.65. The first-order chi connectivity index (χ1) is 13.3. The molecule has 0 spiro atoms. The van der Waals surface area contributed by atoms with Crippen LogP contribution < -0.4 is 14.8 Å².